The zero-order valence-electron chi connectivity index (χ0n) is 12.5. The molecule has 106 valence electrons. The van der Waals surface area contributed by atoms with Crippen LogP contribution in [0.5, 0.6) is 5.75 Å². The van der Waals surface area contributed by atoms with Gasteiger partial charge in [0.25, 0.3) is 0 Å². The maximum absolute atomic E-state index is 6.12. The van der Waals surface area contributed by atoms with Crippen molar-refractivity contribution < 1.29 is 4.74 Å². The standard InChI is InChI=1S/C16H26N2O/c1-11(2)10-18-14(9-17)13-7-5-6-12-8-16(3,4)19-15(12)13/h5-7,11,14,18H,8-10,17H2,1-4H3. The summed E-state index contributed by atoms with van der Waals surface area (Å²) < 4.78 is 6.12. The number of ether oxygens (including phenoxy) is 1. The summed E-state index contributed by atoms with van der Waals surface area (Å²) in [7, 11) is 0. The number of nitrogens with one attached hydrogen (secondary N) is 1. The van der Waals surface area contributed by atoms with Gasteiger partial charge in [0.1, 0.15) is 11.4 Å². The lowest BCUT2D eigenvalue weighted by Crippen LogP contribution is -2.31. The van der Waals surface area contributed by atoms with Crippen LogP contribution in [-0.4, -0.2) is 18.7 Å². The second kappa shape index (κ2) is 5.51. The Hall–Kier alpha value is -1.06. The van der Waals surface area contributed by atoms with E-state index in [1.807, 2.05) is 0 Å². The van der Waals surface area contributed by atoms with Gasteiger partial charge in [-0.15, -0.1) is 0 Å². The van der Waals surface area contributed by atoms with E-state index < -0.39 is 0 Å². The summed E-state index contributed by atoms with van der Waals surface area (Å²) in [5.41, 5.74) is 8.33. The Balaban J connectivity index is 2.23. The molecule has 1 unspecified atom stereocenters. The Morgan fingerprint density at radius 1 is 1.37 bits per heavy atom. The van der Waals surface area contributed by atoms with Gasteiger partial charge in [0.15, 0.2) is 0 Å². The lowest BCUT2D eigenvalue weighted by Gasteiger charge is -2.23. The summed E-state index contributed by atoms with van der Waals surface area (Å²) >= 11 is 0. The molecule has 1 aromatic carbocycles. The molecule has 1 aromatic rings. The van der Waals surface area contributed by atoms with E-state index >= 15 is 0 Å². The highest BCUT2D eigenvalue weighted by Crippen LogP contribution is 2.39. The summed E-state index contributed by atoms with van der Waals surface area (Å²) in [6.07, 6.45) is 0.970. The molecule has 0 aliphatic carbocycles. The third-order valence-corrected chi connectivity index (χ3v) is 3.51. The third kappa shape index (κ3) is 3.28. The van der Waals surface area contributed by atoms with Gasteiger partial charge in [0, 0.05) is 24.6 Å². The van der Waals surface area contributed by atoms with E-state index in [2.05, 4.69) is 51.2 Å². The molecule has 1 aliphatic rings. The topological polar surface area (TPSA) is 47.3 Å². The molecule has 1 aliphatic heterocycles. The minimum atomic E-state index is -0.102. The number of fused-ring (bicyclic) bond motifs is 1. The molecule has 0 fully saturated rings. The summed E-state index contributed by atoms with van der Waals surface area (Å²) in [6.45, 7) is 10.2. The Morgan fingerprint density at radius 3 is 2.74 bits per heavy atom. The van der Waals surface area contributed by atoms with Crippen LogP contribution < -0.4 is 15.8 Å². The molecule has 0 amide bonds. The lowest BCUT2D eigenvalue weighted by molar-refractivity contribution is 0.136. The molecule has 1 heterocycles. The quantitative estimate of drug-likeness (QED) is 0.857. The predicted octanol–water partition coefficient (Wildman–Crippen LogP) is 2.65. The van der Waals surface area contributed by atoms with Crippen LogP contribution in [0.25, 0.3) is 0 Å². The van der Waals surface area contributed by atoms with Gasteiger partial charge in [0.05, 0.1) is 0 Å². The molecule has 0 saturated carbocycles. The fourth-order valence-electron chi connectivity index (χ4n) is 2.61. The van der Waals surface area contributed by atoms with Crippen LogP contribution in [0.15, 0.2) is 18.2 Å². The number of benzene rings is 1. The van der Waals surface area contributed by atoms with E-state index in [9.17, 15) is 0 Å². The number of hydrogen-bond donors (Lipinski definition) is 2. The van der Waals surface area contributed by atoms with Gasteiger partial charge < -0.3 is 15.8 Å². The van der Waals surface area contributed by atoms with Crippen LogP contribution in [0.1, 0.15) is 44.9 Å². The van der Waals surface area contributed by atoms with Gasteiger partial charge in [-0.05, 0) is 31.9 Å². The molecule has 0 bridgehead atoms. The smallest absolute Gasteiger partial charge is 0.128 e. The Kier molecular flexibility index (Phi) is 4.16. The van der Waals surface area contributed by atoms with Gasteiger partial charge in [-0.2, -0.15) is 0 Å². The van der Waals surface area contributed by atoms with Crippen LogP contribution in [-0.2, 0) is 6.42 Å². The van der Waals surface area contributed by atoms with Crippen molar-refractivity contribution in [3.63, 3.8) is 0 Å². The first-order valence-electron chi connectivity index (χ1n) is 7.17. The van der Waals surface area contributed by atoms with Crippen LogP contribution in [0.3, 0.4) is 0 Å². The fraction of sp³-hybridized carbons (Fsp3) is 0.625. The maximum atomic E-state index is 6.12. The Labute approximate surface area is 116 Å². The van der Waals surface area contributed by atoms with Gasteiger partial charge >= 0.3 is 0 Å². The van der Waals surface area contributed by atoms with Crippen molar-refractivity contribution in [2.24, 2.45) is 11.7 Å². The van der Waals surface area contributed by atoms with Gasteiger partial charge in [0.2, 0.25) is 0 Å². The molecule has 3 nitrogen and oxygen atoms in total. The molecule has 3 heteroatoms. The molecule has 0 aromatic heterocycles. The SMILES string of the molecule is CC(C)CNC(CN)c1cccc2c1OC(C)(C)C2. The van der Waals surface area contributed by atoms with E-state index in [-0.39, 0.29) is 11.6 Å². The van der Waals surface area contributed by atoms with Crippen LogP contribution in [0.4, 0.5) is 0 Å². The Bertz CT molecular complexity index is 440. The lowest BCUT2D eigenvalue weighted by atomic mass is 9.98. The van der Waals surface area contributed by atoms with Crippen molar-refractivity contribution in [1.82, 2.24) is 5.32 Å². The largest absolute Gasteiger partial charge is 0.487 e. The summed E-state index contributed by atoms with van der Waals surface area (Å²) in [4.78, 5) is 0. The van der Waals surface area contributed by atoms with Gasteiger partial charge in [-0.1, -0.05) is 32.0 Å². The van der Waals surface area contributed by atoms with Crippen molar-refractivity contribution in [3.8, 4) is 5.75 Å². The van der Waals surface area contributed by atoms with Crippen molar-refractivity contribution in [1.29, 1.82) is 0 Å². The minimum Gasteiger partial charge on any atom is -0.487 e. The van der Waals surface area contributed by atoms with Crippen LogP contribution >= 0.6 is 0 Å². The van der Waals surface area contributed by atoms with Gasteiger partial charge in [-0.3, -0.25) is 0 Å². The second-order valence-corrected chi connectivity index (χ2v) is 6.46. The van der Waals surface area contributed by atoms with E-state index in [0.29, 0.717) is 12.5 Å². The van der Waals surface area contributed by atoms with Crippen molar-refractivity contribution in [2.75, 3.05) is 13.1 Å². The zero-order chi connectivity index (χ0) is 14.0. The molecular formula is C16H26N2O. The highest BCUT2D eigenvalue weighted by atomic mass is 16.5. The van der Waals surface area contributed by atoms with E-state index in [0.717, 1.165) is 18.7 Å². The number of para-hydroxylation sites is 1. The highest BCUT2D eigenvalue weighted by Gasteiger charge is 2.32. The normalized spacial score (nSPS) is 18.2. The summed E-state index contributed by atoms with van der Waals surface area (Å²) in [5.74, 6) is 1.65. The van der Waals surface area contributed by atoms with E-state index in [1.54, 1.807) is 0 Å². The van der Waals surface area contributed by atoms with Crippen LogP contribution in [0, 0.1) is 5.92 Å². The molecule has 1 atom stereocenters. The Morgan fingerprint density at radius 2 is 2.11 bits per heavy atom. The predicted molar refractivity (Wildman–Crippen MR) is 79.5 cm³/mol. The van der Waals surface area contributed by atoms with Crippen molar-refractivity contribution >= 4 is 0 Å². The first kappa shape index (κ1) is 14.4. The molecule has 3 N–H and O–H groups in total. The monoisotopic (exact) mass is 262 g/mol. The molecule has 0 spiro atoms. The molecule has 19 heavy (non-hydrogen) atoms. The van der Waals surface area contributed by atoms with Crippen LogP contribution in [0.2, 0.25) is 0 Å². The first-order chi connectivity index (χ1) is 8.93. The average Bonchev–Trinajstić information content (AvgIpc) is 2.64. The van der Waals surface area contributed by atoms with E-state index in [4.69, 9.17) is 10.5 Å². The minimum absolute atomic E-state index is 0.102. The number of nitrogens with two attached hydrogens (primary N) is 1. The fourth-order valence-corrected chi connectivity index (χ4v) is 2.61. The molecule has 0 saturated heterocycles. The first-order valence-corrected chi connectivity index (χ1v) is 7.17. The molecule has 0 radical (unpaired) electrons. The maximum Gasteiger partial charge on any atom is 0.128 e. The molecule has 2 rings (SSSR count). The van der Waals surface area contributed by atoms with Gasteiger partial charge in [-0.25, -0.2) is 0 Å². The van der Waals surface area contributed by atoms with E-state index in [1.165, 1.54) is 11.1 Å². The summed E-state index contributed by atoms with van der Waals surface area (Å²) in [6, 6.07) is 6.57. The van der Waals surface area contributed by atoms with Crippen molar-refractivity contribution in [2.45, 2.75) is 45.8 Å². The third-order valence-electron chi connectivity index (χ3n) is 3.51. The number of hydrogen-bond acceptors (Lipinski definition) is 3. The van der Waals surface area contributed by atoms with Crippen molar-refractivity contribution in [3.05, 3.63) is 29.3 Å². The zero-order valence-corrected chi connectivity index (χ0v) is 12.5. The second-order valence-electron chi connectivity index (χ2n) is 6.46. The molecular weight excluding hydrogens is 236 g/mol. The summed E-state index contributed by atoms with van der Waals surface area (Å²) in [5, 5.41) is 3.54. The number of rotatable bonds is 5. The average molecular weight is 262 g/mol. The highest BCUT2D eigenvalue weighted by molar-refractivity contribution is 5.47.